The van der Waals surface area contributed by atoms with Crippen molar-refractivity contribution >= 4 is 15.9 Å². The summed E-state index contributed by atoms with van der Waals surface area (Å²) in [7, 11) is 1.43. The molecule has 0 radical (unpaired) electrons. The van der Waals surface area contributed by atoms with Crippen LogP contribution in [0.15, 0.2) is 36.4 Å². The molecule has 0 amide bonds. The lowest BCUT2D eigenvalue weighted by Crippen LogP contribution is -2.00. The maximum atomic E-state index is 13.9. The highest BCUT2D eigenvalue weighted by Crippen LogP contribution is 2.35. The van der Waals surface area contributed by atoms with E-state index in [9.17, 15) is 13.2 Å². The van der Waals surface area contributed by atoms with Crippen LogP contribution in [0.2, 0.25) is 0 Å². The molecule has 5 heteroatoms. The first-order chi connectivity index (χ1) is 9.02. The van der Waals surface area contributed by atoms with Gasteiger partial charge in [0.05, 0.1) is 11.9 Å². The molecule has 1 atom stereocenters. The molecule has 1 unspecified atom stereocenters. The molecule has 0 fully saturated rings. The molecule has 19 heavy (non-hydrogen) atoms. The lowest BCUT2D eigenvalue weighted by molar-refractivity contribution is 0.411. The Morgan fingerprint density at radius 2 is 1.53 bits per heavy atom. The Balaban J connectivity index is 2.41. The highest BCUT2D eigenvalue weighted by Gasteiger charge is 2.19. The van der Waals surface area contributed by atoms with Crippen LogP contribution in [0.1, 0.15) is 16.0 Å². The Hall–Kier alpha value is -1.49. The van der Waals surface area contributed by atoms with Crippen molar-refractivity contribution in [2.75, 3.05) is 7.11 Å². The molecule has 0 N–H and O–H groups in total. The van der Waals surface area contributed by atoms with Gasteiger partial charge in [-0.2, -0.15) is 0 Å². The number of benzene rings is 2. The van der Waals surface area contributed by atoms with E-state index in [1.165, 1.54) is 25.3 Å². The number of methoxy groups -OCH3 is 1. The summed E-state index contributed by atoms with van der Waals surface area (Å²) in [4.78, 5) is -0.695. The standard InChI is InChI=1S/C14H10BrF3O/c1-19-9-3-5-11(13(18)7-9)14(15)10-4-2-8(16)6-12(10)17/h2-7,14H,1H3. The normalized spacial score (nSPS) is 12.3. The zero-order chi connectivity index (χ0) is 14.0. The van der Waals surface area contributed by atoms with E-state index in [1.807, 2.05) is 0 Å². The lowest BCUT2D eigenvalue weighted by Gasteiger charge is -2.13. The maximum absolute atomic E-state index is 13.9. The number of ether oxygens (including phenoxy) is 1. The summed E-state index contributed by atoms with van der Waals surface area (Å²) in [5.74, 6) is -1.54. The largest absolute Gasteiger partial charge is 0.497 e. The van der Waals surface area contributed by atoms with E-state index in [0.29, 0.717) is 5.75 Å². The van der Waals surface area contributed by atoms with Crippen LogP contribution in [0.5, 0.6) is 5.75 Å². The van der Waals surface area contributed by atoms with Crippen molar-refractivity contribution in [3.05, 3.63) is 65.0 Å². The van der Waals surface area contributed by atoms with Gasteiger partial charge in [-0.1, -0.05) is 28.1 Å². The van der Waals surface area contributed by atoms with E-state index in [4.69, 9.17) is 4.74 Å². The number of hydrogen-bond acceptors (Lipinski definition) is 1. The third kappa shape index (κ3) is 2.92. The van der Waals surface area contributed by atoms with Crippen LogP contribution in [-0.2, 0) is 0 Å². The second kappa shape index (κ2) is 5.65. The second-order valence-corrected chi connectivity index (χ2v) is 4.83. The summed E-state index contributed by atoms with van der Waals surface area (Å²) in [5, 5.41) is 0. The van der Waals surface area contributed by atoms with E-state index >= 15 is 0 Å². The van der Waals surface area contributed by atoms with Crippen molar-refractivity contribution in [3.63, 3.8) is 0 Å². The SMILES string of the molecule is COc1ccc(C(Br)c2ccc(F)cc2F)c(F)c1. The van der Waals surface area contributed by atoms with Crippen LogP contribution in [0.4, 0.5) is 13.2 Å². The predicted octanol–water partition coefficient (Wildman–Crippen LogP) is 4.60. The Morgan fingerprint density at radius 1 is 0.947 bits per heavy atom. The van der Waals surface area contributed by atoms with Gasteiger partial charge in [0.1, 0.15) is 23.2 Å². The molecule has 2 aromatic rings. The fourth-order valence-electron chi connectivity index (χ4n) is 1.71. The minimum atomic E-state index is -0.725. The summed E-state index contributed by atoms with van der Waals surface area (Å²) < 4.78 is 45.3. The van der Waals surface area contributed by atoms with Crippen molar-refractivity contribution in [3.8, 4) is 5.75 Å². The Bertz CT molecular complexity index is 601. The average molecular weight is 331 g/mol. The third-order valence-electron chi connectivity index (χ3n) is 2.72. The first-order valence-electron chi connectivity index (χ1n) is 5.45. The van der Waals surface area contributed by atoms with E-state index in [2.05, 4.69) is 15.9 Å². The smallest absolute Gasteiger partial charge is 0.131 e. The lowest BCUT2D eigenvalue weighted by atomic mass is 10.0. The Morgan fingerprint density at radius 3 is 2.05 bits per heavy atom. The van der Waals surface area contributed by atoms with Gasteiger partial charge in [-0.05, 0) is 12.1 Å². The van der Waals surface area contributed by atoms with Crippen molar-refractivity contribution in [2.24, 2.45) is 0 Å². The van der Waals surface area contributed by atoms with Crippen LogP contribution >= 0.6 is 15.9 Å². The number of alkyl halides is 1. The predicted molar refractivity (Wildman–Crippen MR) is 70.1 cm³/mol. The molecule has 0 aliphatic carbocycles. The van der Waals surface area contributed by atoms with Gasteiger partial charge >= 0.3 is 0 Å². The molecule has 0 spiro atoms. The van der Waals surface area contributed by atoms with Gasteiger partial charge in [-0.15, -0.1) is 0 Å². The van der Waals surface area contributed by atoms with Crippen molar-refractivity contribution < 1.29 is 17.9 Å². The molecule has 0 aliphatic heterocycles. The van der Waals surface area contributed by atoms with Crippen molar-refractivity contribution in [1.29, 1.82) is 0 Å². The Labute approximate surface area is 117 Å². The fourth-order valence-corrected chi connectivity index (χ4v) is 2.46. The molecule has 0 saturated carbocycles. The van der Waals surface area contributed by atoms with Crippen LogP contribution in [0.3, 0.4) is 0 Å². The molecule has 2 rings (SSSR count). The molecule has 100 valence electrons. The molecule has 0 heterocycles. The minimum Gasteiger partial charge on any atom is -0.497 e. The van der Waals surface area contributed by atoms with Crippen LogP contribution in [0.25, 0.3) is 0 Å². The van der Waals surface area contributed by atoms with Crippen molar-refractivity contribution in [1.82, 2.24) is 0 Å². The van der Waals surface area contributed by atoms with Gasteiger partial charge in [0, 0.05) is 23.3 Å². The van der Waals surface area contributed by atoms with E-state index in [-0.39, 0.29) is 11.1 Å². The average Bonchev–Trinajstić information content (AvgIpc) is 2.37. The maximum Gasteiger partial charge on any atom is 0.131 e. The van der Waals surface area contributed by atoms with Gasteiger partial charge in [-0.25, -0.2) is 13.2 Å². The monoisotopic (exact) mass is 330 g/mol. The summed E-state index contributed by atoms with van der Waals surface area (Å²) in [6.45, 7) is 0. The molecule has 0 bridgehead atoms. The van der Waals surface area contributed by atoms with Gasteiger partial charge in [0.15, 0.2) is 0 Å². The van der Waals surface area contributed by atoms with Crippen LogP contribution < -0.4 is 4.74 Å². The topological polar surface area (TPSA) is 9.23 Å². The first kappa shape index (κ1) is 13.9. The molecule has 1 nitrogen and oxygen atoms in total. The molecule has 0 saturated heterocycles. The minimum absolute atomic E-state index is 0.172. The second-order valence-electron chi connectivity index (χ2n) is 3.92. The first-order valence-corrected chi connectivity index (χ1v) is 6.37. The number of halogens is 4. The zero-order valence-electron chi connectivity index (χ0n) is 9.96. The van der Waals surface area contributed by atoms with E-state index in [0.717, 1.165) is 12.1 Å². The van der Waals surface area contributed by atoms with E-state index in [1.54, 1.807) is 6.07 Å². The fraction of sp³-hybridized carbons (Fsp3) is 0.143. The Kier molecular flexibility index (Phi) is 4.14. The summed E-state index contributed by atoms with van der Waals surface area (Å²) in [6, 6.07) is 7.47. The highest BCUT2D eigenvalue weighted by molar-refractivity contribution is 9.09. The molecular weight excluding hydrogens is 321 g/mol. The van der Waals surface area contributed by atoms with Crippen molar-refractivity contribution in [2.45, 2.75) is 4.83 Å². The third-order valence-corrected chi connectivity index (χ3v) is 3.70. The summed E-state index contributed by atoms with van der Waals surface area (Å²) in [5.41, 5.74) is 0.428. The van der Waals surface area contributed by atoms with Crippen LogP contribution in [0, 0.1) is 17.5 Å². The quantitative estimate of drug-likeness (QED) is 0.747. The van der Waals surface area contributed by atoms with Crippen LogP contribution in [-0.4, -0.2) is 7.11 Å². The van der Waals surface area contributed by atoms with Gasteiger partial charge < -0.3 is 4.74 Å². The van der Waals surface area contributed by atoms with Gasteiger partial charge in [0.2, 0.25) is 0 Å². The summed E-state index contributed by atoms with van der Waals surface area (Å²) >= 11 is 3.22. The number of hydrogen-bond donors (Lipinski definition) is 0. The molecular formula is C14H10BrF3O. The molecule has 2 aromatic carbocycles. The van der Waals surface area contributed by atoms with Gasteiger partial charge in [-0.3, -0.25) is 0 Å². The van der Waals surface area contributed by atoms with Gasteiger partial charge in [0.25, 0.3) is 0 Å². The summed E-state index contributed by atoms with van der Waals surface area (Å²) in [6.07, 6.45) is 0. The number of rotatable bonds is 3. The highest BCUT2D eigenvalue weighted by atomic mass is 79.9. The van der Waals surface area contributed by atoms with E-state index < -0.39 is 22.3 Å². The zero-order valence-corrected chi connectivity index (χ0v) is 11.5. The molecule has 0 aromatic heterocycles. The molecule has 0 aliphatic rings.